The van der Waals surface area contributed by atoms with Gasteiger partial charge in [0.05, 0.1) is 18.2 Å². The molecule has 0 aliphatic rings. The molecule has 5 heteroatoms. The van der Waals surface area contributed by atoms with Gasteiger partial charge in [-0.2, -0.15) is 5.26 Å². The van der Waals surface area contributed by atoms with Crippen molar-refractivity contribution in [3.63, 3.8) is 0 Å². The summed E-state index contributed by atoms with van der Waals surface area (Å²) in [6, 6.07) is 14.4. The number of methoxy groups -OCH3 is 1. The number of anilines is 1. The molecule has 0 fully saturated rings. The van der Waals surface area contributed by atoms with Gasteiger partial charge in [0, 0.05) is 15.5 Å². The summed E-state index contributed by atoms with van der Waals surface area (Å²) in [4.78, 5) is 13.2. The number of benzene rings is 2. The summed E-state index contributed by atoms with van der Waals surface area (Å²) < 4.78 is 4.64. The van der Waals surface area contributed by atoms with Crippen LogP contribution in [0.4, 0.5) is 5.69 Å². The Morgan fingerprint density at radius 1 is 1.25 bits per heavy atom. The molecule has 0 unspecified atom stereocenters. The maximum absolute atomic E-state index is 11.4. The second kappa shape index (κ2) is 6.13. The summed E-state index contributed by atoms with van der Waals surface area (Å²) >= 11 is 1.45. The standard InChI is InChI=1S/C15H12N2O2S/c1-19-15(18)10-2-7-14(11(8-10)9-16)20-13-5-3-12(17)4-6-13/h2-8H,17H2,1H3. The SMILES string of the molecule is COC(=O)c1ccc(Sc2ccc(N)cc2)c(C#N)c1. The van der Waals surface area contributed by atoms with Crippen molar-refractivity contribution in [1.29, 1.82) is 5.26 Å². The monoisotopic (exact) mass is 284 g/mol. The average molecular weight is 284 g/mol. The van der Waals surface area contributed by atoms with Crippen LogP contribution in [0.15, 0.2) is 52.3 Å². The summed E-state index contributed by atoms with van der Waals surface area (Å²) in [7, 11) is 1.31. The molecule has 2 rings (SSSR count). The topological polar surface area (TPSA) is 76.1 Å². The van der Waals surface area contributed by atoms with Gasteiger partial charge in [-0.05, 0) is 42.5 Å². The molecule has 20 heavy (non-hydrogen) atoms. The van der Waals surface area contributed by atoms with Crippen LogP contribution < -0.4 is 5.73 Å². The first-order chi connectivity index (χ1) is 9.63. The largest absolute Gasteiger partial charge is 0.465 e. The Morgan fingerprint density at radius 3 is 2.55 bits per heavy atom. The molecule has 0 spiro atoms. The lowest BCUT2D eigenvalue weighted by Crippen LogP contribution is -2.01. The van der Waals surface area contributed by atoms with E-state index in [0.717, 1.165) is 9.79 Å². The first-order valence-corrected chi connectivity index (χ1v) is 6.61. The molecule has 100 valence electrons. The van der Waals surface area contributed by atoms with Crippen LogP contribution in [0, 0.1) is 11.3 Å². The van der Waals surface area contributed by atoms with Crippen LogP contribution in [0.25, 0.3) is 0 Å². The molecule has 0 aromatic heterocycles. The molecule has 2 aromatic carbocycles. The third-order valence-electron chi connectivity index (χ3n) is 2.63. The number of carbonyl (C=O) groups excluding carboxylic acids is 1. The predicted octanol–water partition coefficient (Wildman–Crippen LogP) is 3.08. The van der Waals surface area contributed by atoms with Gasteiger partial charge in [-0.25, -0.2) is 4.79 Å². The van der Waals surface area contributed by atoms with Gasteiger partial charge in [0.15, 0.2) is 0 Å². The highest BCUT2D eigenvalue weighted by Crippen LogP contribution is 2.31. The van der Waals surface area contributed by atoms with Crippen molar-refractivity contribution in [3.8, 4) is 6.07 Å². The molecule has 2 aromatic rings. The minimum absolute atomic E-state index is 0.366. The fourth-order valence-electron chi connectivity index (χ4n) is 1.61. The molecule has 0 amide bonds. The van der Waals surface area contributed by atoms with E-state index in [1.807, 2.05) is 12.1 Å². The van der Waals surface area contributed by atoms with Crippen molar-refractivity contribution in [1.82, 2.24) is 0 Å². The third-order valence-corrected chi connectivity index (χ3v) is 3.71. The molecule has 0 heterocycles. The van der Waals surface area contributed by atoms with Gasteiger partial charge in [-0.15, -0.1) is 0 Å². The summed E-state index contributed by atoms with van der Waals surface area (Å²) in [5, 5.41) is 9.18. The Labute approximate surface area is 121 Å². The van der Waals surface area contributed by atoms with Gasteiger partial charge in [0.2, 0.25) is 0 Å². The predicted molar refractivity (Wildman–Crippen MR) is 77.5 cm³/mol. The average Bonchev–Trinajstić information content (AvgIpc) is 2.49. The Morgan fingerprint density at radius 2 is 1.95 bits per heavy atom. The van der Waals surface area contributed by atoms with Crippen molar-refractivity contribution >= 4 is 23.4 Å². The van der Waals surface area contributed by atoms with E-state index in [4.69, 9.17) is 5.73 Å². The molecule has 0 bridgehead atoms. The van der Waals surface area contributed by atoms with E-state index in [2.05, 4.69) is 10.8 Å². The normalized spacial score (nSPS) is 9.80. The number of carbonyl (C=O) groups is 1. The number of nitrogen functional groups attached to an aromatic ring is 1. The zero-order chi connectivity index (χ0) is 14.5. The number of nitrogens with zero attached hydrogens (tertiary/aromatic N) is 1. The zero-order valence-corrected chi connectivity index (χ0v) is 11.6. The van der Waals surface area contributed by atoms with Crippen molar-refractivity contribution in [3.05, 3.63) is 53.6 Å². The Hall–Kier alpha value is -2.45. The number of nitriles is 1. The Bertz CT molecular complexity index is 675. The number of hydrogen-bond donors (Lipinski definition) is 1. The van der Waals surface area contributed by atoms with Gasteiger partial charge in [-0.3, -0.25) is 0 Å². The minimum atomic E-state index is -0.453. The highest BCUT2D eigenvalue weighted by molar-refractivity contribution is 7.99. The van der Waals surface area contributed by atoms with E-state index in [1.54, 1.807) is 24.3 Å². The molecule has 0 radical (unpaired) electrons. The van der Waals surface area contributed by atoms with E-state index >= 15 is 0 Å². The molecular weight excluding hydrogens is 272 g/mol. The summed E-state index contributed by atoms with van der Waals surface area (Å²) in [6.07, 6.45) is 0. The van der Waals surface area contributed by atoms with Crippen molar-refractivity contribution in [2.45, 2.75) is 9.79 Å². The van der Waals surface area contributed by atoms with E-state index in [1.165, 1.54) is 24.9 Å². The quantitative estimate of drug-likeness (QED) is 0.692. The Kier molecular flexibility index (Phi) is 4.28. The second-order valence-corrected chi connectivity index (χ2v) is 5.10. The lowest BCUT2D eigenvalue weighted by Gasteiger charge is -2.06. The maximum atomic E-state index is 11.4. The fraction of sp³-hybridized carbons (Fsp3) is 0.0667. The summed E-state index contributed by atoms with van der Waals surface area (Å²) in [6.45, 7) is 0. The summed E-state index contributed by atoms with van der Waals surface area (Å²) in [5.41, 5.74) is 7.13. The van der Waals surface area contributed by atoms with Crippen LogP contribution in [0.2, 0.25) is 0 Å². The van der Waals surface area contributed by atoms with Crippen LogP contribution in [-0.4, -0.2) is 13.1 Å². The summed E-state index contributed by atoms with van der Waals surface area (Å²) in [5.74, 6) is -0.453. The van der Waals surface area contributed by atoms with Crippen LogP contribution in [-0.2, 0) is 4.74 Å². The highest BCUT2D eigenvalue weighted by atomic mass is 32.2. The number of rotatable bonds is 3. The van der Waals surface area contributed by atoms with Crippen LogP contribution >= 0.6 is 11.8 Å². The minimum Gasteiger partial charge on any atom is -0.465 e. The van der Waals surface area contributed by atoms with E-state index in [9.17, 15) is 10.1 Å². The zero-order valence-electron chi connectivity index (χ0n) is 10.8. The van der Waals surface area contributed by atoms with Crippen LogP contribution in [0.5, 0.6) is 0 Å². The van der Waals surface area contributed by atoms with Crippen molar-refractivity contribution in [2.24, 2.45) is 0 Å². The smallest absolute Gasteiger partial charge is 0.337 e. The van der Waals surface area contributed by atoms with E-state index in [-0.39, 0.29) is 0 Å². The highest BCUT2D eigenvalue weighted by Gasteiger charge is 2.10. The number of hydrogen-bond acceptors (Lipinski definition) is 5. The van der Waals surface area contributed by atoms with Gasteiger partial charge in [0.1, 0.15) is 6.07 Å². The van der Waals surface area contributed by atoms with Crippen LogP contribution in [0.1, 0.15) is 15.9 Å². The molecule has 0 saturated carbocycles. The van der Waals surface area contributed by atoms with E-state index < -0.39 is 5.97 Å². The molecule has 0 aliphatic heterocycles. The maximum Gasteiger partial charge on any atom is 0.337 e. The molecule has 2 N–H and O–H groups in total. The lowest BCUT2D eigenvalue weighted by atomic mass is 10.1. The Balaban J connectivity index is 2.30. The lowest BCUT2D eigenvalue weighted by molar-refractivity contribution is 0.0600. The van der Waals surface area contributed by atoms with Crippen LogP contribution in [0.3, 0.4) is 0 Å². The molecule has 4 nitrogen and oxygen atoms in total. The molecular formula is C15H12N2O2S. The number of ether oxygens (including phenoxy) is 1. The fourth-order valence-corrected chi connectivity index (χ4v) is 2.49. The van der Waals surface area contributed by atoms with Gasteiger partial charge in [-0.1, -0.05) is 11.8 Å². The number of esters is 1. The number of nitrogens with two attached hydrogens (primary N) is 1. The van der Waals surface area contributed by atoms with Gasteiger partial charge < -0.3 is 10.5 Å². The third kappa shape index (κ3) is 3.11. The first kappa shape index (κ1) is 14.0. The van der Waals surface area contributed by atoms with E-state index in [0.29, 0.717) is 16.8 Å². The van der Waals surface area contributed by atoms with Gasteiger partial charge >= 0.3 is 5.97 Å². The van der Waals surface area contributed by atoms with Crippen molar-refractivity contribution in [2.75, 3.05) is 12.8 Å². The molecule has 0 atom stereocenters. The molecule has 0 saturated heterocycles. The second-order valence-electron chi connectivity index (χ2n) is 3.99. The first-order valence-electron chi connectivity index (χ1n) is 5.80. The molecule has 0 aliphatic carbocycles. The van der Waals surface area contributed by atoms with Crippen molar-refractivity contribution < 1.29 is 9.53 Å². The van der Waals surface area contributed by atoms with Gasteiger partial charge in [0.25, 0.3) is 0 Å².